The number of hydrogen-bond acceptors (Lipinski definition) is 6. The first-order valence-corrected chi connectivity index (χ1v) is 10.1. The van der Waals surface area contributed by atoms with Gasteiger partial charge in [0.25, 0.3) is 0 Å². The molecule has 1 aliphatic heterocycles. The second-order valence-corrected chi connectivity index (χ2v) is 7.45. The van der Waals surface area contributed by atoms with Crippen molar-refractivity contribution in [2.24, 2.45) is 11.8 Å². The highest BCUT2D eigenvalue weighted by atomic mass is 79.9. The Balaban J connectivity index is 2.57. The van der Waals surface area contributed by atoms with Gasteiger partial charge in [-0.15, -0.1) is 0 Å². The monoisotopic (exact) mass is 439 g/mol. The largest absolute Gasteiger partial charge is 0.464 e. The van der Waals surface area contributed by atoms with Crippen LogP contribution in [0.2, 0.25) is 0 Å². The summed E-state index contributed by atoms with van der Waals surface area (Å²) < 4.78 is 11.4. The molecule has 1 aliphatic rings. The van der Waals surface area contributed by atoms with Crippen LogP contribution in [0.15, 0.2) is 28.7 Å². The minimum atomic E-state index is -1.69. The van der Waals surface area contributed by atoms with Crippen LogP contribution in [0.3, 0.4) is 0 Å². The molecule has 7 heteroatoms. The molecule has 0 aliphatic carbocycles. The van der Waals surface area contributed by atoms with Gasteiger partial charge in [-0.05, 0) is 38.0 Å². The van der Waals surface area contributed by atoms with Gasteiger partial charge in [-0.3, -0.25) is 5.32 Å². The van der Waals surface area contributed by atoms with E-state index in [0.717, 1.165) is 16.3 Å². The van der Waals surface area contributed by atoms with Gasteiger partial charge in [-0.25, -0.2) is 9.59 Å². The molecule has 1 N–H and O–H groups in total. The second-order valence-electron chi connectivity index (χ2n) is 6.53. The molecule has 0 amide bonds. The van der Waals surface area contributed by atoms with Gasteiger partial charge in [0.1, 0.15) is 6.29 Å². The van der Waals surface area contributed by atoms with Crippen LogP contribution >= 0.6 is 15.9 Å². The van der Waals surface area contributed by atoms with Crippen LogP contribution in [0.4, 0.5) is 0 Å². The molecule has 148 valence electrons. The third-order valence-electron chi connectivity index (χ3n) is 4.97. The van der Waals surface area contributed by atoms with Crippen molar-refractivity contribution in [2.45, 2.75) is 45.2 Å². The van der Waals surface area contributed by atoms with E-state index in [4.69, 9.17) is 9.47 Å². The Morgan fingerprint density at radius 2 is 1.67 bits per heavy atom. The first kappa shape index (κ1) is 21.6. The minimum Gasteiger partial charge on any atom is -0.464 e. The van der Waals surface area contributed by atoms with E-state index in [-0.39, 0.29) is 13.2 Å². The number of rotatable bonds is 8. The number of halogens is 1. The van der Waals surface area contributed by atoms with Gasteiger partial charge < -0.3 is 14.3 Å². The Morgan fingerprint density at radius 3 is 2.11 bits per heavy atom. The number of nitrogens with one attached hydrogen (secondary N) is 1. The van der Waals surface area contributed by atoms with Gasteiger partial charge in [-0.2, -0.15) is 0 Å². The molecule has 2 rings (SSSR count). The van der Waals surface area contributed by atoms with Crippen LogP contribution in [0.5, 0.6) is 0 Å². The van der Waals surface area contributed by atoms with Crippen molar-refractivity contribution >= 4 is 34.2 Å². The summed E-state index contributed by atoms with van der Waals surface area (Å²) in [6.07, 6.45) is 2.06. The molecule has 0 aromatic heterocycles. The summed E-state index contributed by atoms with van der Waals surface area (Å²) in [5, 5.41) is 3.15. The van der Waals surface area contributed by atoms with Gasteiger partial charge >= 0.3 is 11.9 Å². The van der Waals surface area contributed by atoms with Crippen molar-refractivity contribution in [1.82, 2.24) is 5.32 Å². The van der Waals surface area contributed by atoms with Crippen molar-refractivity contribution in [1.29, 1.82) is 0 Å². The fraction of sp³-hybridized carbons (Fsp3) is 0.550. The van der Waals surface area contributed by atoms with E-state index < -0.39 is 35.4 Å². The highest BCUT2D eigenvalue weighted by molar-refractivity contribution is 9.10. The van der Waals surface area contributed by atoms with Crippen LogP contribution < -0.4 is 5.32 Å². The summed E-state index contributed by atoms with van der Waals surface area (Å²) >= 11 is 3.39. The van der Waals surface area contributed by atoms with Crippen LogP contribution in [0.25, 0.3) is 0 Å². The highest BCUT2D eigenvalue weighted by Gasteiger charge is 2.64. The van der Waals surface area contributed by atoms with E-state index >= 15 is 0 Å². The molecule has 0 bridgehead atoms. The summed E-state index contributed by atoms with van der Waals surface area (Å²) in [5.41, 5.74) is -0.863. The molecular formula is C20H26BrNO5. The van der Waals surface area contributed by atoms with Crippen LogP contribution in [-0.4, -0.2) is 37.0 Å². The molecule has 0 unspecified atom stereocenters. The number of hydrogen-bond donors (Lipinski definition) is 1. The smallest absolute Gasteiger partial charge is 0.338 e. The quantitative estimate of drug-likeness (QED) is 0.380. The van der Waals surface area contributed by atoms with Crippen molar-refractivity contribution in [3.05, 3.63) is 34.3 Å². The lowest BCUT2D eigenvalue weighted by molar-refractivity contribution is -0.168. The first-order valence-electron chi connectivity index (χ1n) is 9.29. The predicted octanol–water partition coefficient (Wildman–Crippen LogP) is 3.19. The molecule has 0 radical (unpaired) electrons. The Morgan fingerprint density at radius 1 is 1.11 bits per heavy atom. The van der Waals surface area contributed by atoms with E-state index in [1.54, 1.807) is 13.8 Å². The van der Waals surface area contributed by atoms with Crippen LogP contribution in [0.1, 0.15) is 45.2 Å². The van der Waals surface area contributed by atoms with E-state index in [1.807, 2.05) is 31.2 Å². The number of carbonyl (C=O) groups excluding carboxylic acids is 3. The van der Waals surface area contributed by atoms with Gasteiger partial charge in [0.05, 0.1) is 13.2 Å². The van der Waals surface area contributed by atoms with Crippen molar-refractivity contribution in [3.63, 3.8) is 0 Å². The highest BCUT2D eigenvalue weighted by Crippen LogP contribution is 2.45. The topological polar surface area (TPSA) is 81.7 Å². The lowest BCUT2D eigenvalue weighted by Crippen LogP contribution is -2.60. The summed E-state index contributed by atoms with van der Waals surface area (Å²) in [4.78, 5) is 37.9. The normalized spacial score (nSPS) is 23.6. The van der Waals surface area contributed by atoms with E-state index in [2.05, 4.69) is 21.2 Å². The molecule has 6 nitrogen and oxygen atoms in total. The number of aldehydes is 1. The molecule has 0 spiro atoms. The molecule has 27 heavy (non-hydrogen) atoms. The van der Waals surface area contributed by atoms with Crippen molar-refractivity contribution < 1.29 is 23.9 Å². The molecule has 3 atom stereocenters. The van der Waals surface area contributed by atoms with Gasteiger partial charge in [0.2, 0.25) is 5.54 Å². The Hall–Kier alpha value is -1.73. The molecule has 1 saturated heterocycles. The fourth-order valence-electron chi connectivity index (χ4n) is 3.83. The molecular weight excluding hydrogens is 414 g/mol. The van der Waals surface area contributed by atoms with Gasteiger partial charge in [0.15, 0.2) is 0 Å². The van der Waals surface area contributed by atoms with Gasteiger partial charge in [0, 0.05) is 22.4 Å². The maximum Gasteiger partial charge on any atom is 0.338 e. The number of carbonyl (C=O) groups is 3. The Bertz CT molecular complexity index is 657. The standard InChI is InChI=1S/C20H26BrNO5/c1-4-7-16-15(12-23)17(13-8-10-14(21)11-9-13)22-20(16,18(24)26-5-2)19(25)27-6-3/h8-12,15-17,22H,4-7H2,1-3H3/t15-,16-,17-/m1/s1. The second kappa shape index (κ2) is 9.46. The Labute approximate surface area is 168 Å². The minimum absolute atomic E-state index is 0.134. The average Bonchev–Trinajstić information content (AvgIpc) is 2.98. The van der Waals surface area contributed by atoms with Crippen LogP contribution in [0, 0.1) is 11.8 Å². The molecule has 1 fully saturated rings. The summed E-state index contributed by atoms with van der Waals surface area (Å²) in [5.74, 6) is -2.48. The maximum atomic E-state index is 13.0. The van der Waals surface area contributed by atoms with E-state index in [9.17, 15) is 14.4 Å². The molecule has 0 saturated carbocycles. The van der Waals surface area contributed by atoms with E-state index in [0.29, 0.717) is 12.8 Å². The molecule has 1 aromatic rings. The van der Waals surface area contributed by atoms with Crippen LogP contribution in [-0.2, 0) is 23.9 Å². The van der Waals surface area contributed by atoms with E-state index in [1.165, 1.54) is 0 Å². The van der Waals surface area contributed by atoms with Gasteiger partial charge in [-0.1, -0.05) is 41.4 Å². The Kier molecular flexibility index (Phi) is 7.56. The molecule has 1 aromatic carbocycles. The lowest BCUT2D eigenvalue weighted by atomic mass is 9.75. The third-order valence-corrected chi connectivity index (χ3v) is 5.50. The van der Waals surface area contributed by atoms with Crippen molar-refractivity contribution in [3.8, 4) is 0 Å². The summed E-state index contributed by atoms with van der Waals surface area (Å²) in [6.45, 7) is 5.59. The number of esters is 2. The fourth-order valence-corrected chi connectivity index (χ4v) is 4.10. The third kappa shape index (κ3) is 4.09. The zero-order chi connectivity index (χ0) is 20.0. The summed E-state index contributed by atoms with van der Waals surface area (Å²) in [6, 6.07) is 6.98. The number of benzene rings is 1. The summed E-state index contributed by atoms with van der Waals surface area (Å²) in [7, 11) is 0. The zero-order valence-electron chi connectivity index (χ0n) is 15.9. The molecule has 1 heterocycles. The average molecular weight is 440 g/mol. The first-order chi connectivity index (χ1) is 13.0. The predicted molar refractivity (Wildman–Crippen MR) is 104 cm³/mol. The lowest BCUT2D eigenvalue weighted by Gasteiger charge is -2.31. The maximum absolute atomic E-state index is 13.0. The zero-order valence-corrected chi connectivity index (χ0v) is 17.5. The number of ether oxygens (including phenoxy) is 2. The van der Waals surface area contributed by atoms with Crippen molar-refractivity contribution in [2.75, 3.05) is 13.2 Å². The SMILES string of the molecule is CCC[C@@H]1[C@@H](C=O)[C@@H](c2ccc(Br)cc2)NC1(C(=O)OCC)C(=O)OCC.